The molecule has 3 heteroatoms. The molecule has 0 spiro atoms. The number of hydrogen-bond acceptors (Lipinski definition) is 2. The fourth-order valence-corrected chi connectivity index (χ4v) is 1.61. The maximum Gasteiger partial charge on any atom is 0.0422 e. The van der Waals surface area contributed by atoms with Crippen molar-refractivity contribution in [1.82, 2.24) is 4.98 Å². The summed E-state index contributed by atoms with van der Waals surface area (Å²) in [5, 5.41) is 0. The molecule has 0 aromatic carbocycles. The van der Waals surface area contributed by atoms with Gasteiger partial charge in [-0.3, -0.25) is 4.98 Å². The average molecular weight is 257 g/mol. The third kappa shape index (κ3) is 3.07. The number of nitrogens with two attached hydrogens (primary N) is 1. The summed E-state index contributed by atoms with van der Waals surface area (Å²) >= 11 is 3.37. The molecule has 14 heavy (non-hydrogen) atoms. The topological polar surface area (TPSA) is 38.9 Å². The summed E-state index contributed by atoms with van der Waals surface area (Å²) in [5.74, 6) is 0. The number of aromatic nitrogens is 1. The first-order valence-electron chi connectivity index (χ1n) is 4.99. The van der Waals surface area contributed by atoms with Crippen molar-refractivity contribution in [3.05, 3.63) is 28.5 Å². The van der Waals surface area contributed by atoms with E-state index < -0.39 is 0 Å². The van der Waals surface area contributed by atoms with E-state index >= 15 is 0 Å². The Labute approximate surface area is 94.0 Å². The molecule has 1 aromatic rings. The molecule has 0 radical (unpaired) electrons. The fourth-order valence-electron chi connectivity index (χ4n) is 1.37. The molecule has 0 bridgehead atoms. The molecule has 78 valence electrons. The smallest absolute Gasteiger partial charge is 0.0422 e. The van der Waals surface area contributed by atoms with E-state index in [1.54, 1.807) is 0 Å². The van der Waals surface area contributed by atoms with Crippen molar-refractivity contribution in [3.8, 4) is 0 Å². The highest BCUT2D eigenvalue weighted by molar-refractivity contribution is 9.10. The molecule has 2 N–H and O–H groups in total. The van der Waals surface area contributed by atoms with Crippen molar-refractivity contribution in [2.24, 2.45) is 5.73 Å². The van der Waals surface area contributed by atoms with Crippen molar-refractivity contribution < 1.29 is 0 Å². The second-order valence-corrected chi connectivity index (χ2v) is 4.63. The normalized spacial score (nSPS) is 11.7. The molecular weight excluding hydrogens is 240 g/mol. The van der Waals surface area contributed by atoms with Crippen molar-refractivity contribution in [2.75, 3.05) is 0 Å². The van der Waals surface area contributed by atoms with Gasteiger partial charge in [-0.15, -0.1) is 0 Å². The number of halogens is 1. The Balaban J connectivity index is 2.72. The van der Waals surface area contributed by atoms with Crippen LogP contribution in [0.4, 0.5) is 0 Å². The van der Waals surface area contributed by atoms with Crippen LogP contribution in [0.15, 0.2) is 22.8 Å². The summed E-state index contributed by atoms with van der Waals surface area (Å²) in [4.78, 5) is 4.33. The van der Waals surface area contributed by atoms with E-state index in [1.807, 2.05) is 18.3 Å². The van der Waals surface area contributed by atoms with E-state index in [-0.39, 0.29) is 5.54 Å². The summed E-state index contributed by atoms with van der Waals surface area (Å²) < 4.78 is 1.01. The second-order valence-electron chi connectivity index (χ2n) is 3.71. The van der Waals surface area contributed by atoms with E-state index in [1.165, 1.54) is 0 Å². The summed E-state index contributed by atoms with van der Waals surface area (Å²) in [7, 11) is 0. The van der Waals surface area contributed by atoms with E-state index in [0.717, 1.165) is 29.4 Å². The standard InChI is InChI=1S/C11H17BrN2/c1-3-11(13,4-2)7-10-6-5-9(12)8-14-10/h5-6,8H,3-4,7,13H2,1-2H3. The number of pyridine rings is 1. The van der Waals surface area contributed by atoms with Crippen LogP contribution in [-0.2, 0) is 6.42 Å². The van der Waals surface area contributed by atoms with Gasteiger partial charge in [0, 0.05) is 28.3 Å². The molecule has 2 nitrogen and oxygen atoms in total. The zero-order valence-corrected chi connectivity index (χ0v) is 10.3. The summed E-state index contributed by atoms with van der Waals surface area (Å²) in [6.07, 6.45) is 4.65. The molecule has 1 aromatic heterocycles. The van der Waals surface area contributed by atoms with Gasteiger partial charge in [-0.2, -0.15) is 0 Å². The first-order chi connectivity index (χ1) is 6.59. The predicted molar refractivity (Wildman–Crippen MR) is 63.1 cm³/mol. The molecule has 0 unspecified atom stereocenters. The summed E-state index contributed by atoms with van der Waals surface area (Å²) in [6.45, 7) is 4.25. The Hall–Kier alpha value is -0.410. The fraction of sp³-hybridized carbons (Fsp3) is 0.545. The van der Waals surface area contributed by atoms with Crippen molar-refractivity contribution in [1.29, 1.82) is 0 Å². The van der Waals surface area contributed by atoms with Crippen LogP contribution in [0, 0.1) is 0 Å². The van der Waals surface area contributed by atoms with Gasteiger partial charge in [0.05, 0.1) is 0 Å². The maximum absolute atomic E-state index is 6.21. The van der Waals surface area contributed by atoms with Gasteiger partial charge in [0.15, 0.2) is 0 Å². The van der Waals surface area contributed by atoms with Crippen LogP contribution < -0.4 is 5.73 Å². The molecule has 0 aliphatic heterocycles. The monoisotopic (exact) mass is 256 g/mol. The first-order valence-corrected chi connectivity index (χ1v) is 5.78. The SMILES string of the molecule is CCC(N)(CC)Cc1ccc(Br)cn1. The Morgan fingerprint density at radius 1 is 1.36 bits per heavy atom. The summed E-state index contributed by atoms with van der Waals surface area (Å²) in [5.41, 5.74) is 7.19. The lowest BCUT2D eigenvalue weighted by Gasteiger charge is -2.26. The minimum absolute atomic E-state index is 0.0964. The third-order valence-corrected chi connectivity index (χ3v) is 3.20. The van der Waals surface area contributed by atoms with Crippen LogP contribution in [0.3, 0.4) is 0 Å². The lowest BCUT2D eigenvalue weighted by Crippen LogP contribution is -2.40. The van der Waals surface area contributed by atoms with Gasteiger partial charge in [-0.1, -0.05) is 13.8 Å². The van der Waals surface area contributed by atoms with Crippen LogP contribution in [0.25, 0.3) is 0 Å². The molecule has 0 saturated heterocycles. The highest BCUT2D eigenvalue weighted by atomic mass is 79.9. The highest BCUT2D eigenvalue weighted by Gasteiger charge is 2.20. The molecule has 0 amide bonds. The van der Waals surface area contributed by atoms with Gasteiger partial charge in [0.2, 0.25) is 0 Å². The Kier molecular flexibility index (Phi) is 4.08. The molecule has 1 heterocycles. The maximum atomic E-state index is 6.21. The van der Waals surface area contributed by atoms with Crippen molar-refractivity contribution >= 4 is 15.9 Å². The lowest BCUT2D eigenvalue weighted by molar-refractivity contribution is 0.389. The lowest BCUT2D eigenvalue weighted by atomic mass is 9.89. The zero-order valence-electron chi connectivity index (χ0n) is 8.76. The van der Waals surface area contributed by atoms with Crippen molar-refractivity contribution in [3.63, 3.8) is 0 Å². The Morgan fingerprint density at radius 2 is 2.00 bits per heavy atom. The molecule has 0 atom stereocenters. The molecule has 0 fully saturated rings. The van der Waals surface area contributed by atoms with E-state index in [4.69, 9.17) is 5.73 Å². The van der Waals surface area contributed by atoms with Crippen LogP contribution >= 0.6 is 15.9 Å². The molecule has 0 saturated carbocycles. The van der Waals surface area contributed by atoms with E-state index in [2.05, 4.69) is 34.8 Å². The van der Waals surface area contributed by atoms with Gasteiger partial charge < -0.3 is 5.73 Å². The van der Waals surface area contributed by atoms with Crippen LogP contribution in [-0.4, -0.2) is 10.5 Å². The van der Waals surface area contributed by atoms with Crippen molar-refractivity contribution in [2.45, 2.75) is 38.6 Å². The third-order valence-electron chi connectivity index (χ3n) is 2.73. The van der Waals surface area contributed by atoms with Gasteiger partial charge in [0.25, 0.3) is 0 Å². The number of rotatable bonds is 4. The minimum atomic E-state index is -0.0964. The quantitative estimate of drug-likeness (QED) is 0.900. The Bertz CT molecular complexity index is 278. The number of nitrogens with zero attached hydrogens (tertiary/aromatic N) is 1. The molecular formula is C11H17BrN2. The largest absolute Gasteiger partial charge is 0.325 e. The van der Waals surface area contributed by atoms with E-state index in [0.29, 0.717) is 0 Å². The summed E-state index contributed by atoms with van der Waals surface area (Å²) in [6, 6.07) is 4.03. The predicted octanol–water partition coefficient (Wildman–Crippen LogP) is 2.90. The number of hydrogen-bond donors (Lipinski definition) is 1. The van der Waals surface area contributed by atoms with Gasteiger partial charge in [-0.25, -0.2) is 0 Å². The molecule has 0 aliphatic rings. The molecule has 1 rings (SSSR count). The zero-order chi connectivity index (χ0) is 10.6. The Morgan fingerprint density at radius 3 is 2.43 bits per heavy atom. The first kappa shape index (κ1) is 11.7. The van der Waals surface area contributed by atoms with Crippen LogP contribution in [0.1, 0.15) is 32.4 Å². The van der Waals surface area contributed by atoms with Crippen LogP contribution in [0.5, 0.6) is 0 Å². The minimum Gasteiger partial charge on any atom is -0.325 e. The highest BCUT2D eigenvalue weighted by Crippen LogP contribution is 2.18. The van der Waals surface area contributed by atoms with E-state index in [9.17, 15) is 0 Å². The van der Waals surface area contributed by atoms with Crippen LogP contribution in [0.2, 0.25) is 0 Å². The van der Waals surface area contributed by atoms with Gasteiger partial charge >= 0.3 is 0 Å². The average Bonchev–Trinajstić information content (AvgIpc) is 2.21. The van der Waals surface area contributed by atoms with Gasteiger partial charge in [0.1, 0.15) is 0 Å². The second kappa shape index (κ2) is 4.89. The molecule has 0 aliphatic carbocycles. The van der Waals surface area contributed by atoms with Gasteiger partial charge in [-0.05, 0) is 40.9 Å².